The quantitative estimate of drug-likeness (QED) is 0.0374. The van der Waals surface area contributed by atoms with Gasteiger partial charge in [-0.05, 0) is 99.5 Å². The van der Waals surface area contributed by atoms with Crippen LogP contribution < -0.4 is 9.47 Å². The van der Waals surface area contributed by atoms with E-state index in [2.05, 4.69) is 128 Å². The van der Waals surface area contributed by atoms with Crippen LogP contribution in [0, 0.1) is 6.92 Å². The predicted molar refractivity (Wildman–Crippen MR) is 334 cm³/mol. The second kappa shape index (κ2) is 29.2. The number of amides is 2. The van der Waals surface area contributed by atoms with E-state index in [0.29, 0.717) is 37.4 Å². The average molecular weight is 1100 g/mol. The van der Waals surface area contributed by atoms with Crippen LogP contribution in [0.5, 0.6) is 11.5 Å². The number of rotatable bonds is 34. The van der Waals surface area contributed by atoms with Crippen LogP contribution in [-0.2, 0) is 15.0 Å². The van der Waals surface area contributed by atoms with E-state index in [1.54, 1.807) is 22.7 Å². The number of ether oxygens (including phenoxy) is 2. The normalized spacial score (nSPS) is 13.8. The summed E-state index contributed by atoms with van der Waals surface area (Å²) in [5.41, 5.74) is 9.74. The molecule has 0 aliphatic carbocycles. The summed E-state index contributed by atoms with van der Waals surface area (Å²) in [4.78, 5) is 50.0. The lowest BCUT2D eigenvalue weighted by molar-refractivity contribution is -0.124. The lowest BCUT2D eigenvalue weighted by Crippen LogP contribution is -2.30. The van der Waals surface area contributed by atoms with E-state index in [-0.39, 0.29) is 17.2 Å². The van der Waals surface area contributed by atoms with Crippen LogP contribution >= 0.6 is 22.7 Å². The zero-order chi connectivity index (χ0) is 55.7. The first-order valence-electron chi connectivity index (χ1n) is 30.7. The van der Waals surface area contributed by atoms with Crippen molar-refractivity contribution in [3.63, 3.8) is 0 Å². The van der Waals surface area contributed by atoms with E-state index >= 15 is 9.59 Å². The van der Waals surface area contributed by atoms with E-state index in [1.165, 1.54) is 62.7 Å². The van der Waals surface area contributed by atoms with Gasteiger partial charge in [0, 0.05) is 44.9 Å². The number of fused-ring (bicyclic) bond motifs is 2. The molecule has 3 aromatic carbocycles. The molecular weight excluding hydrogens is 1010 g/mol. The second-order valence-electron chi connectivity index (χ2n) is 22.4. The number of hydrogen-bond acceptors (Lipinski definition) is 8. The number of nitrogens with zero attached hydrogens (tertiary/aromatic N) is 4. The Morgan fingerprint density at radius 3 is 1.43 bits per heavy atom. The first-order valence-corrected chi connectivity index (χ1v) is 32.3. The number of aromatic nitrogens is 2. The zero-order valence-electron chi connectivity index (χ0n) is 49.2. The van der Waals surface area contributed by atoms with Crippen LogP contribution in [0.3, 0.4) is 0 Å². The van der Waals surface area contributed by atoms with Crippen molar-refractivity contribution in [3.05, 3.63) is 116 Å². The molecule has 8 nitrogen and oxygen atoms in total. The van der Waals surface area contributed by atoms with Crippen molar-refractivity contribution < 1.29 is 19.1 Å². The standard InChI is InChI=1S/C69H90N4O4S2/c1-9-15-19-23-25-29-45-76-52-35-31-33-50(47-52)62-63(51-34-32-36-53(48-51)77-46-30-26-24-20-16-10-2)71-64-54(38-37-49(7)61(64)70-62)55-39-40-56(78-55)65-59-60(68(75)72(65)43-27-21-17-11-3)66(73(67(59)74)44-28-22-18-12-4)57-41-42-58(79-57)69(8,13-5)14-6/h31-42,47-48H,9-30,43-46H2,1-8H3. The van der Waals surface area contributed by atoms with Crippen molar-refractivity contribution >= 4 is 56.9 Å². The molecule has 0 fully saturated rings. The Hall–Kier alpha value is -5.58. The SMILES string of the molecule is CCCCCCCCOc1cccc(-c2nc3c(C)ccc(-c4ccc(C5=C6C(=O)N(CCCCCC)C(c7ccc(C(C)(CC)CC)s7)=C6C(=O)N5CCCCCC)s4)c3nc2-c2cccc(OCCCCCCCC)c2)c1. The molecule has 422 valence electrons. The van der Waals surface area contributed by atoms with Gasteiger partial charge in [0.1, 0.15) is 11.5 Å². The molecule has 79 heavy (non-hydrogen) atoms. The van der Waals surface area contributed by atoms with Crippen LogP contribution in [0.25, 0.3) is 55.4 Å². The highest BCUT2D eigenvalue weighted by Gasteiger charge is 2.49. The molecule has 2 aliphatic heterocycles. The summed E-state index contributed by atoms with van der Waals surface area (Å²) in [5, 5.41) is 0. The summed E-state index contributed by atoms with van der Waals surface area (Å²) in [5.74, 6) is 1.53. The van der Waals surface area contributed by atoms with Gasteiger partial charge < -0.3 is 19.3 Å². The van der Waals surface area contributed by atoms with Gasteiger partial charge in [0.25, 0.3) is 11.8 Å². The molecule has 0 spiro atoms. The Balaban J connectivity index is 1.22. The van der Waals surface area contributed by atoms with Gasteiger partial charge in [-0.1, -0.05) is 188 Å². The Labute approximate surface area is 482 Å². The molecular formula is C69H90N4O4S2. The molecule has 8 rings (SSSR count). The number of hydrogen-bond donors (Lipinski definition) is 0. The van der Waals surface area contributed by atoms with Gasteiger partial charge in [0.05, 0.1) is 67.9 Å². The maximum Gasteiger partial charge on any atom is 0.261 e. The maximum absolute atomic E-state index is 15.3. The van der Waals surface area contributed by atoms with Crippen molar-refractivity contribution in [2.75, 3.05) is 26.3 Å². The summed E-state index contributed by atoms with van der Waals surface area (Å²) in [7, 11) is 0. The second-order valence-corrected chi connectivity index (χ2v) is 24.6. The average Bonchev–Trinajstić information content (AvgIpc) is 4.47. The monoisotopic (exact) mass is 1100 g/mol. The minimum Gasteiger partial charge on any atom is -0.494 e. The van der Waals surface area contributed by atoms with Gasteiger partial charge >= 0.3 is 0 Å². The van der Waals surface area contributed by atoms with Gasteiger partial charge in [0.2, 0.25) is 0 Å². The van der Waals surface area contributed by atoms with E-state index < -0.39 is 0 Å². The van der Waals surface area contributed by atoms with Crippen LogP contribution in [0.2, 0.25) is 0 Å². The van der Waals surface area contributed by atoms with Crippen molar-refractivity contribution in [3.8, 4) is 44.5 Å². The molecule has 0 saturated heterocycles. The minimum absolute atomic E-state index is 0.0237. The van der Waals surface area contributed by atoms with Crippen LogP contribution in [0.15, 0.2) is 96.1 Å². The van der Waals surface area contributed by atoms with Crippen molar-refractivity contribution in [1.29, 1.82) is 0 Å². The highest BCUT2D eigenvalue weighted by Crippen LogP contribution is 2.51. The molecule has 6 aromatic rings. The lowest BCUT2D eigenvalue weighted by atomic mass is 9.83. The largest absolute Gasteiger partial charge is 0.494 e. The third kappa shape index (κ3) is 14.1. The maximum atomic E-state index is 15.3. The summed E-state index contributed by atoms with van der Waals surface area (Å²) < 4.78 is 12.8. The first kappa shape index (κ1) is 59.5. The minimum atomic E-state index is -0.0570. The van der Waals surface area contributed by atoms with Gasteiger partial charge in [0.15, 0.2) is 0 Å². The van der Waals surface area contributed by atoms with Gasteiger partial charge in [-0.15, -0.1) is 22.7 Å². The fraction of sp³-hybridized carbons (Fsp3) is 0.507. The fourth-order valence-electron chi connectivity index (χ4n) is 11.2. The van der Waals surface area contributed by atoms with Crippen molar-refractivity contribution in [2.45, 2.75) is 202 Å². The zero-order valence-corrected chi connectivity index (χ0v) is 50.8. The molecule has 0 radical (unpaired) electrons. The Morgan fingerprint density at radius 1 is 0.481 bits per heavy atom. The smallest absolute Gasteiger partial charge is 0.261 e. The molecule has 3 aromatic heterocycles. The molecule has 0 unspecified atom stereocenters. The highest BCUT2D eigenvalue weighted by atomic mass is 32.1. The molecule has 2 aliphatic rings. The summed E-state index contributed by atoms with van der Waals surface area (Å²) >= 11 is 3.39. The number of unbranched alkanes of at least 4 members (excludes halogenated alkanes) is 16. The predicted octanol–water partition coefficient (Wildman–Crippen LogP) is 19.6. The Morgan fingerprint density at radius 2 is 0.924 bits per heavy atom. The number of carbonyl (C=O) groups excluding carboxylic acids is 2. The number of benzene rings is 3. The van der Waals surface area contributed by atoms with Crippen LogP contribution in [0.4, 0.5) is 0 Å². The topological polar surface area (TPSA) is 84.9 Å². The molecule has 0 bridgehead atoms. The molecule has 10 heteroatoms. The number of thiophene rings is 2. The van der Waals surface area contributed by atoms with E-state index in [1.807, 2.05) is 21.9 Å². The van der Waals surface area contributed by atoms with Crippen LogP contribution in [-0.4, -0.2) is 57.9 Å². The molecule has 0 N–H and O–H groups in total. The summed E-state index contributed by atoms with van der Waals surface area (Å²) in [6, 6.07) is 29.7. The molecule has 5 heterocycles. The van der Waals surface area contributed by atoms with Gasteiger partial charge in [-0.25, -0.2) is 9.97 Å². The number of carbonyl (C=O) groups is 2. The summed E-state index contributed by atoms with van der Waals surface area (Å²) in [6.07, 6.45) is 24.7. The van der Waals surface area contributed by atoms with Crippen molar-refractivity contribution in [2.24, 2.45) is 0 Å². The van der Waals surface area contributed by atoms with E-state index in [9.17, 15) is 0 Å². The highest BCUT2D eigenvalue weighted by molar-refractivity contribution is 7.16. The van der Waals surface area contributed by atoms with Crippen molar-refractivity contribution in [1.82, 2.24) is 19.8 Å². The number of aryl methyl sites for hydroxylation is 1. The van der Waals surface area contributed by atoms with E-state index in [0.717, 1.165) is 166 Å². The van der Waals surface area contributed by atoms with Gasteiger partial charge in [-0.3, -0.25) is 9.59 Å². The molecule has 0 saturated carbocycles. The van der Waals surface area contributed by atoms with Gasteiger partial charge in [-0.2, -0.15) is 0 Å². The molecule has 0 atom stereocenters. The fourth-order valence-corrected chi connectivity index (χ4v) is 13.6. The first-order chi connectivity index (χ1) is 38.6. The Kier molecular flexibility index (Phi) is 22.0. The summed E-state index contributed by atoms with van der Waals surface area (Å²) in [6.45, 7) is 20.4. The lowest BCUT2D eigenvalue weighted by Gasteiger charge is -2.26. The third-order valence-electron chi connectivity index (χ3n) is 16.5. The molecule has 2 amide bonds. The third-order valence-corrected chi connectivity index (χ3v) is 19.0. The van der Waals surface area contributed by atoms with Crippen LogP contribution in [0.1, 0.15) is 210 Å². The Bertz CT molecular complexity index is 3050. The van der Waals surface area contributed by atoms with E-state index in [4.69, 9.17) is 19.4 Å².